The number of carbonyl (C=O) groups excluding carboxylic acids is 2. The third kappa shape index (κ3) is 9.62. The molecule has 10 nitrogen and oxygen atoms in total. The summed E-state index contributed by atoms with van der Waals surface area (Å²) < 4.78 is 28.5. The lowest BCUT2D eigenvalue weighted by Gasteiger charge is -2.31. The molecule has 1 aromatic rings. The number of pyridine rings is 1. The van der Waals surface area contributed by atoms with Gasteiger partial charge in [-0.05, 0) is 18.8 Å². The second-order valence-electron chi connectivity index (χ2n) is 8.87. The molecule has 0 spiro atoms. The number of aromatic hydroxyl groups is 1. The molecule has 1 amide bonds. The summed E-state index contributed by atoms with van der Waals surface area (Å²) in [6.45, 7) is 14.8. The van der Waals surface area contributed by atoms with Gasteiger partial charge in [0.25, 0.3) is 5.91 Å². The largest absolute Gasteiger partial charge is 0.503 e. The average molecular weight is 499 g/mol. The van der Waals surface area contributed by atoms with E-state index in [-0.39, 0.29) is 30.6 Å². The fourth-order valence-corrected chi connectivity index (χ4v) is 3.20. The van der Waals surface area contributed by atoms with E-state index in [1.54, 1.807) is 6.92 Å². The number of amides is 1. The van der Waals surface area contributed by atoms with E-state index in [1.807, 2.05) is 41.5 Å². The van der Waals surface area contributed by atoms with Crippen LogP contribution in [0.5, 0.6) is 11.5 Å². The van der Waals surface area contributed by atoms with Crippen LogP contribution >= 0.6 is 0 Å². The summed E-state index contributed by atoms with van der Waals surface area (Å²) in [5.74, 6) is -1.19. The predicted octanol–water partition coefficient (Wildman–Crippen LogP) is 2.96. The van der Waals surface area contributed by atoms with E-state index in [9.17, 15) is 14.7 Å². The molecule has 35 heavy (non-hydrogen) atoms. The number of aromatic nitrogens is 1. The Morgan fingerprint density at radius 3 is 2.40 bits per heavy atom. The van der Waals surface area contributed by atoms with E-state index in [1.165, 1.54) is 19.4 Å². The van der Waals surface area contributed by atoms with Crippen LogP contribution in [-0.2, 0) is 23.7 Å². The Hall–Kier alpha value is -2.43. The molecule has 10 heteroatoms. The molecule has 1 fully saturated rings. The normalized spacial score (nSPS) is 22.9. The van der Waals surface area contributed by atoms with Crippen molar-refractivity contribution in [3.63, 3.8) is 0 Å². The van der Waals surface area contributed by atoms with Crippen molar-refractivity contribution in [3.05, 3.63) is 18.0 Å². The average Bonchev–Trinajstić information content (AvgIpc) is 2.86. The summed E-state index contributed by atoms with van der Waals surface area (Å²) in [6, 6.07) is 0.307. The molecule has 4 atom stereocenters. The van der Waals surface area contributed by atoms with Crippen LogP contribution in [0, 0.1) is 11.8 Å². The monoisotopic (exact) mass is 498 g/mol. The first kappa shape index (κ1) is 30.6. The first-order valence-electron chi connectivity index (χ1n) is 12.2. The number of rotatable bonds is 9. The lowest BCUT2D eigenvalue weighted by Crippen LogP contribution is -2.47. The molecule has 1 saturated heterocycles. The van der Waals surface area contributed by atoms with E-state index in [4.69, 9.17) is 23.7 Å². The first-order valence-corrected chi connectivity index (χ1v) is 12.2. The molecule has 0 aromatic carbocycles. The fourth-order valence-electron chi connectivity index (χ4n) is 3.20. The molecule has 1 aliphatic rings. The highest BCUT2D eigenvalue weighted by Crippen LogP contribution is 2.27. The Balaban J connectivity index is 0.00000298. The van der Waals surface area contributed by atoms with E-state index in [0.29, 0.717) is 19.1 Å². The number of carbonyl (C=O) groups is 2. The molecule has 1 aliphatic heterocycles. The number of hydrogen-bond acceptors (Lipinski definition) is 9. The van der Waals surface area contributed by atoms with Gasteiger partial charge in [-0.2, -0.15) is 0 Å². The van der Waals surface area contributed by atoms with Gasteiger partial charge in [0.15, 0.2) is 23.2 Å². The molecule has 0 aliphatic carbocycles. The maximum absolute atomic E-state index is 12.8. The van der Waals surface area contributed by atoms with E-state index >= 15 is 0 Å². The van der Waals surface area contributed by atoms with Gasteiger partial charge in [-0.1, -0.05) is 41.5 Å². The minimum atomic E-state index is -1.11. The highest BCUT2D eigenvalue weighted by Gasteiger charge is 2.36. The van der Waals surface area contributed by atoms with Gasteiger partial charge in [0.2, 0.25) is 0 Å². The lowest BCUT2D eigenvalue weighted by atomic mass is 10.1. The molecule has 2 unspecified atom stereocenters. The van der Waals surface area contributed by atoms with Crippen LogP contribution in [-0.4, -0.2) is 79.9 Å². The summed E-state index contributed by atoms with van der Waals surface area (Å²) in [6.07, 6.45) is -0.306. The maximum atomic E-state index is 12.8. The Morgan fingerprint density at radius 1 is 1.17 bits per heavy atom. The third-order valence-electron chi connectivity index (χ3n) is 4.88. The molecule has 0 radical (unpaired) electrons. The molecule has 1 aromatic heterocycles. The van der Waals surface area contributed by atoms with Crippen LogP contribution in [0.3, 0.4) is 0 Å². The SMILES string of the molecule is CC.COc1ccnc(C(=O)N[C@H]2COCC(OCC(C)C)[C@@H](OCC(C)C)C(C)OC2=O)c1O. The number of hydrogen-bond donors (Lipinski definition) is 2. The number of ether oxygens (including phenoxy) is 5. The van der Waals surface area contributed by atoms with E-state index in [0.717, 1.165) is 0 Å². The lowest BCUT2D eigenvalue weighted by molar-refractivity contribution is -0.170. The summed E-state index contributed by atoms with van der Waals surface area (Å²) in [5, 5.41) is 12.7. The van der Waals surface area contributed by atoms with Crippen molar-refractivity contribution in [1.29, 1.82) is 0 Å². The van der Waals surface area contributed by atoms with E-state index < -0.39 is 42.0 Å². The minimum absolute atomic E-state index is 0.0901. The Kier molecular flexibility index (Phi) is 13.6. The summed E-state index contributed by atoms with van der Waals surface area (Å²) in [4.78, 5) is 29.4. The van der Waals surface area contributed by atoms with Crippen LogP contribution in [0.15, 0.2) is 12.3 Å². The minimum Gasteiger partial charge on any atom is -0.503 e. The van der Waals surface area contributed by atoms with Crippen molar-refractivity contribution in [1.82, 2.24) is 10.3 Å². The van der Waals surface area contributed by atoms with Crippen LogP contribution in [0.25, 0.3) is 0 Å². The Morgan fingerprint density at radius 2 is 1.80 bits per heavy atom. The molecule has 200 valence electrons. The molecule has 0 saturated carbocycles. The molecule has 2 rings (SSSR count). The van der Waals surface area contributed by atoms with Crippen molar-refractivity contribution in [2.75, 3.05) is 33.5 Å². The van der Waals surface area contributed by atoms with Gasteiger partial charge in [0.1, 0.15) is 18.3 Å². The van der Waals surface area contributed by atoms with Gasteiger partial charge in [-0.15, -0.1) is 0 Å². The second-order valence-corrected chi connectivity index (χ2v) is 8.87. The van der Waals surface area contributed by atoms with E-state index in [2.05, 4.69) is 10.3 Å². The quantitative estimate of drug-likeness (QED) is 0.494. The van der Waals surface area contributed by atoms with Crippen LogP contribution in [0.4, 0.5) is 0 Å². The van der Waals surface area contributed by atoms with Crippen LogP contribution in [0.2, 0.25) is 0 Å². The van der Waals surface area contributed by atoms with Crippen molar-refractivity contribution in [3.8, 4) is 11.5 Å². The van der Waals surface area contributed by atoms with Gasteiger partial charge in [-0.25, -0.2) is 9.78 Å². The zero-order valence-electron chi connectivity index (χ0n) is 22.2. The fraction of sp³-hybridized carbons (Fsp3) is 0.720. The van der Waals surface area contributed by atoms with Crippen molar-refractivity contribution < 1.29 is 38.4 Å². The van der Waals surface area contributed by atoms with Gasteiger partial charge in [0, 0.05) is 25.5 Å². The van der Waals surface area contributed by atoms with Gasteiger partial charge < -0.3 is 34.1 Å². The summed E-state index contributed by atoms with van der Waals surface area (Å²) in [7, 11) is 1.36. The number of nitrogens with zero attached hydrogens (tertiary/aromatic N) is 1. The molecule has 2 N–H and O–H groups in total. The van der Waals surface area contributed by atoms with Crippen molar-refractivity contribution >= 4 is 11.9 Å². The number of cyclic esters (lactones) is 1. The van der Waals surface area contributed by atoms with Gasteiger partial charge in [0.05, 0.1) is 20.3 Å². The topological polar surface area (TPSA) is 125 Å². The van der Waals surface area contributed by atoms with Crippen molar-refractivity contribution in [2.24, 2.45) is 11.8 Å². The summed E-state index contributed by atoms with van der Waals surface area (Å²) in [5.41, 5.74) is -0.272. The highest BCUT2D eigenvalue weighted by molar-refractivity contribution is 5.98. The number of esters is 1. The Bertz CT molecular complexity index is 787. The smallest absolute Gasteiger partial charge is 0.331 e. The van der Waals surface area contributed by atoms with Crippen molar-refractivity contribution in [2.45, 2.75) is 72.8 Å². The first-order chi connectivity index (χ1) is 16.6. The second kappa shape index (κ2) is 15.5. The zero-order chi connectivity index (χ0) is 26.5. The molecule has 2 heterocycles. The molecule has 0 bridgehead atoms. The maximum Gasteiger partial charge on any atom is 0.331 e. The molecular weight excluding hydrogens is 456 g/mol. The molecular formula is C25H42N2O8. The number of methoxy groups -OCH3 is 1. The van der Waals surface area contributed by atoms with Crippen LogP contribution < -0.4 is 10.1 Å². The zero-order valence-corrected chi connectivity index (χ0v) is 22.2. The number of nitrogens with one attached hydrogen (secondary N) is 1. The third-order valence-corrected chi connectivity index (χ3v) is 4.88. The standard InChI is InChI=1S/C23H36N2O8.C2H6/c1-13(2)9-31-18-12-30-11-16(23(28)33-15(5)21(18)32-10-14(3)4)25-22(27)19-20(26)17(29-6)7-8-24-19;1-2/h7-8,13-16,18,21,26H,9-12H2,1-6H3,(H,25,27);1-2H3/t15?,16-,18?,21-;/m0./s1. The predicted molar refractivity (Wildman–Crippen MR) is 131 cm³/mol. The highest BCUT2D eigenvalue weighted by atomic mass is 16.6. The van der Waals surface area contributed by atoms with Gasteiger partial charge in [-0.3, -0.25) is 4.79 Å². The van der Waals surface area contributed by atoms with Gasteiger partial charge >= 0.3 is 5.97 Å². The van der Waals surface area contributed by atoms with Crippen LogP contribution in [0.1, 0.15) is 59.0 Å². The summed E-state index contributed by atoms with van der Waals surface area (Å²) >= 11 is 0. The Labute approximate surface area is 208 Å².